The molecule has 4 aliphatic carbocycles. The first-order valence-electron chi connectivity index (χ1n) is 8.87. The van der Waals surface area contributed by atoms with Crippen molar-refractivity contribution in [2.75, 3.05) is 6.54 Å². The first-order chi connectivity index (χ1) is 10.6. The lowest BCUT2D eigenvalue weighted by Gasteiger charge is -2.56. The maximum atomic E-state index is 12.4. The number of nitrogens with one attached hydrogen (secondary N) is 2. The number of carbonyl (C=O) groups is 1. The summed E-state index contributed by atoms with van der Waals surface area (Å²) in [4.78, 5) is 19.9. The van der Waals surface area contributed by atoms with Crippen LogP contribution in [0, 0.1) is 30.1 Å². The zero-order valence-electron chi connectivity index (χ0n) is 13.5. The van der Waals surface area contributed by atoms with E-state index in [4.69, 9.17) is 0 Å². The monoisotopic (exact) mass is 301 g/mol. The van der Waals surface area contributed by atoms with Crippen molar-refractivity contribution in [3.05, 3.63) is 17.7 Å². The minimum absolute atomic E-state index is 0.255. The van der Waals surface area contributed by atoms with E-state index in [2.05, 4.69) is 15.3 Å². The highest BCUT2D eigenvalue weighted by atomic mass is 16.1. The number of rotatable bonds is 5. The van der Waals surface area contributed by atoms with Crippen LogP contribution in [0.25, 0.3) is 0 Å². The van der Waals surface area contributed by atoms with Crippen molar-refractivity contribution in [2.45, 2.75) is 58.3 Å². The molecule has 4 aliphatic rings. The van der Waals surface area contributed by atoms with Gasteiger partial charge in [-0.3, -0.25) is 4.79 Å². The Morgan fingerprint density at radius 2 is 1.91 bits per heavy atom. The largest absolute Gasteiger partial charge is 0.356 e. The number of H-pyrrole nitrogens is 1. The van der Waals surface area contributed by atoms with Gasteiger partial charge < -0.3 is 10.3 Å². The highest BCUT2D eigenvalue weighted by molar-refractivity contribution is 5.76. The van der Waals surface area contributed by atoms with E-state index in [-0.39, 0.29) is 5.91 Å². The Labute approximate surface area is 132 Å². The van der Waals surface area contributed by atoms with Crippen LogP contribution in [-0.4, -0.2) is 22.4 Å². The number of aromatic nitrogens is 2. The lowest BCUT2D eigenvalue weighted by Crippen LogP contribution is -2.48. The topological polar surface area (TPSA) is 57.8 Å². The molecule has 1 amide bonds. The van der Waals surface area contributed by atoms with E-state index in [0.29, 0.717) is 12.0 Å². The molecule has 1 aromatic heterocycles. The second kappa shape index (κ2) is 5.39. The molecular weight excluding hydrogens is 274 g/mol. The van der Waals surface area contributed by atoms with Crippen molar-refractivity contribution in [3.8, 4) is 0 Å². The summed E-state index contributed by atoms with van der Waals surface area (Å²) in [5, 5.41) is 3.12. The molecule has 0 aliphatic heterocycles. The SMILES string of the molecule is Cc1cnc(CCNC(=O)CC23CC4CC(CC(C4)C2)C3)[nH]1. The molecule has 0 spiro atoms. The Hall–Kier alpha value is -1.32. The highest BCUT2D eigenvalue weighted by Gasteiger charge is 2.51. The zero-order valence-corrected chi connectivity index (χ0v) is 13.5. The fourth-order valence-corrected chi connectivity index (χ4v) is 5.82. The first-order valence-corrected chi connectivity index (χ1v) is 8.87. The van der Waals surface area contributed by atoms with Gasteiger partial charge in [-0.2, -0.15) is 0 Å². The van der Waals surface area contributed by atoms with Crippen molar-refractivity contribution < 1.29 is 4.79 Å². The lowest BCUT2D eigenvalue weighted by atomic mass is 9.49. The van der Waals surface area contributed by atoms with Crippen LogP contribution in [-0.2, 0) is 11.2 Å². The molecule has 0 saturated heterocycles. The lowest BCUT2D eigenvalue weighted by molar-refractivity contribution is -0.129. The summed E-state index contributed by atoms with van der Waals surface area (Å²) in [6, 6.07) is 0. The number of hydrogen-bond donors (Lipinski definition) is 2. The fourth-order valence-electron chi connectivity index (χ4n) is 5.82. The van der Waals surface area contributed by atoms with E-state index in [1.54, 1.807) is 0 Å². The maximum Gasteiger partial charge on any atom is 0.220 e. The maximum absolute atomic E-state index is 12.4. The predicted octanol–water partition coefficient (Wildman–Crippen LogP) is 2.98. The molecule has 0 radical (unpaired) electrons. The van der Waals surface area contributed by atoms with Crippen LogP contribution < -0.4 is 5.32 Å². The third-order valence-electron chi connectivity index (χ3n) is 6.14. The zero-order chi connectivity index (χ0) is 15.2. The second-order valence-corrected chi connectivity index (χ2v) is 8.21. The molecule has 1 aromatic rings. The number of imidazole rings is 1. The van der Waals surface area contributed by atoms with Crippen LogP contribution in [0.1, 0.15) is 56.5 Å². The molecule has 2 N–H and O–H groups in total. The standard InChI is InChI=1S/C18H27N3O/c1-12-11-20-16(21-12)2-3-19-17(22)10-18-7-13-4-14(8-18)6-15(5-13)9-18/h11,13-15H,2-10H2,1H3,(H,19,22)(H,20,21). The van der Waals surface area contributed by atoms with E-state index in [9.17, 15) is 4.79 Å². The molecule has 1 heterocycles. The van der Waals surface area contributed by atoms with E-state index in [1.165, 1.54) is 38.5 Å². The number of aryl methyl sites for hydroxylation is 1. The van der Waals surface area contributed by atoms with Gasteiger partial charge in [0.25, 0.3) is 0 Å². The average Bonchev–Trinajstić information content (AvgIpc) is 2.82. The van der Waals surface area contributed by atoms with Gasteiger partial charge in [-0.25, -0.2) is 4.98 Å². The number of hydrogen-bond acceptors (Lipinski definition) is 2. The van der Waals surface area contributed by atoms with Crippen molar-refractivity contribution in [2.24, 2.45) is 23.2 Å². The number of amides is 1. The van der Waals surface area contributed by atoms with Crippen LogP contribution in [0.5, 0.6) is 0 Å². The third kappa shape index (κ3) is 2.80. The van der Waals surface area contributed by atoms with E-state index < -0.39 is 0 Å². The highest BCUT2D eigenvalue weighted by Crippen LogP contribution is 2.61. The Balaban J connectivity index is 1.29. The number of carbonyl (C=O) groups excluding carboxylic acids is 1. The second-order valence-electron chi connectivity index (χ2n) is 8.21. The molecule has 0 atom stereocenters. The molecule has 4 fully saturated rings. The average molecular weight is 301 g/mol. The van der Waals surface area contributed by atoms with E-state index in [0.717, 1.165) is 42.1 Å². The van der Waals surface area contributed by atoms with Gasteiger partial charge in [0, 0.05) is 31.3 Å². The van der Waals surface area contributed by atoms with Gasteiger partial charge >= 0.3 is 0 Å². The van der Waals surface area contributed by atoms with Gasteiger partial charge in [-0.05, 0) is 68.6 Å². The Morgan fingerprint density at radius 1 is 1.27 bits per heavy atom. The summed E-state index contributed by atoms with van der Waals surface area (Å²) in [7, 11) is 0. The molecule has 120 valence electrons. The van der Waals surface area contributed by atoms with Crippen LogP contribution in [0.3, 0.4) is 0 Å². The van der Waals surface area contributed by atoms with Gasteiger partial charge in [-0.1, -0.05) is 0 Å². The molecule has 4 heteroatoms. The minimum Gasteiger partial charge on any atom is -0.356 e. The Morgan fingerprint density at radius 3 is 2.45 bits per heavy atom. The summed E-state index contributed by atoms with van der Waals surface area (Å²) >= 11 is 0. The summed E-state index contributed by atoms with van der Waals surface area (Å²) in [6.45, 7) is 2.69. The molecule has 5 rings (SSSR count). The third-order valence-corrected chi connectivity index (χ3v) is 6.14. The van der Waals surface area contributed by atoms with Gasteiger partial charge in [-0.15, -0.1) is 0 Å². The Kier molecular flexibility index (Phi) is 3.50. The number of aromatic amines is 1. The summed E-state index contributed by atoms with van der Waals surface area (Å²) < 4.78 is 0. The predicted molar refractivity (Wildman–Crippen MR) is 85.3 cm³/mol. The van der Waals surface area contributed by atoms with Crippen LogP contribution in [0.2, 0.25) is 0 Å². The molecular formula is C18H27N3O. The first kappa shape index (κ1) is 14.3. The van der Waals surface area contributed by atoms with Crippen LogP contribution >= 0.6 is 0 Å². The molecule has 4 bridgehead atoms. The van der Waals surface area contributed by atoms with Crippen LogP contribution in [0.4, 0.5) is 0 Å². The molecule has 0 unspecified atom stereocenters. The van der Waals surface area contributed by atoms with Crippen molar-refractivity contribution in [1.29, 1.82) is 0 Å². The minimum atomic E-state index is 0.255. The van der Waals surface area contributed by atoms with Crippen molar-refractivity contribution in [3.63, 3.8) is 0 Å². The summed E-state index contributed by atoms with van der Waals surface area (Å²) in [5.41, 5.74) is 1.43. The van der Waals surface area contributed by atoms with E-state index in [1.807, 2.05) is 13.1 Å². The van der Waals surface area contributed by atoms with Crippen molar-refractivity contribution >= 4 is 5.91 Å². The van der Waals surface area contributed by atoms with Crippen LogP contribution in [0.15, 0.2) is 6.20 Å². The summed E-state index contributed by atoms with van der Waals surface area (Å²) in [6.07, 6.45) is 11.6. The normalized spacial score (nSPS) is 35.8. The molecule has 0 aromatic carbocycles. The van der Waals surface area contributed by atoms with Gasteiger partial charge in [0.05, 0.1) is 0 Å². The molecule has 22 heavy (non-hydrogen) atoms. The van der Waals surface area contributed by atoms with Gasteiger partial charge in [0.1, 0.15) is 5.82 Å². The fraction of sp³-hybridized carbons (Fsp3) is 0.778. The molecule has 4 nitrogen and oxygen atoms in total. The summed E-state index contributed by atoms with van der Waals surface area (Å²) in [5.74, 6) is 3.98. The smallest absolute Gasteiger partial charge is 0.220 e. The number of nitrogens with zero attached hydrogens (tertiary/aromatic N) is 1. The molecule has 4 saturated carbocycles. The van der Waals surface area contributed by atoms with Gasteiger partial charge in [0.15, 0.2) is 0 Å². The Bertz CT molecular complexity index is 527. The van der Waals surface area contributed by atoms with Gasteiger partial charge in [0.2, 0.25) is 5.91 Å². The van der Waals surface area contributed by atoms with E-state index >= 15 is 0 Å². The van der Waals surface area contributed by atoms with Crippen molar-refractivity contribution in [1.82, 2.24) is 15.3 Å². The quantitative estimate of drug-likeness (QED) is 0.878.